The molecule has 14 heteroatoms. The molecule has 0 unspecified atom stereocenters. The first-order valence-corrected chi connectivity index (χ1v) is 21.8. The summed E-state index contributed by atoms with van der Waals surface area (Å²) < 4.78 is 18.4. The van der Waals surface area contributed by atoms with Crippen LogP contribution in [0.25, 0.3) is 0 Å². The van der Waals surface area contributed by atoms with E-state index < -0.39 is 64.4 Å². The number of fused-ring (bicyclic) bond motifs is 3. The Labute approximate surface area is 370 Å². The number of cyclic esters (lactones) is 1. The molecule has 4 heterocycles. The third kappa shape index (κ3) is 7.45. The van der Waals surface area contributed by atoms with Gasteiger partial charge < -0.3 is 24.2 Å². The van der Waals surface area contributed by atoms with Crippen molar-refractivity contribution < 1.29 is 43.4 Å². The number of carbonyl (C=O) groups excluding carboxylic acids is 4. The molecule has 0 aliphatic carbocycles. The summed E-state index contributed by atoms with van der Waals surface area (Å²) in [7, 11) is 0. The lowest BCUT2D eigenvalue weighted by atomic mass is 9.65. The van der Waals surface area contributed by atoms with Gasteiger partial charge in [-0.15, -0.1) is 0 Å². The number of nitrogens with zero attached hydrogens (tertiary/aromatic N) is 4. The number of imide groups is 1. The van der Waals surface area contributed by atoms with E-state index in [1.807, 2.05) is 71.6 Å². The van der Waals surface area contributed by atoms with E-state index in [1.54, 1.807) is 47.4 Å². The van der Waals surface area contributed by atoms with Crippen LogP contribution in [0.3, 0.4) is 0 Å². The van der Waals surface area contributed by atoms with Crippen LogP contribution in [0.15, 0.2) is 133 Å². The second-order valence-corrected chi connectivity index (χ2v) is 16.6. The van der Waals surface area contributed by atoms with Crippen molar-refractivity contribution >= 4 is 35.3 Å². The van der Waals surface area contributed by atoms with E-state index in [1.165, 1.54) is 24.3 Å². The van der Waals surface area contributed by atoms with Gasteiger partial charge in [0, 0.05) is 25.2 Å². The number of para-hydroxylation sites is 1. The number of hydrogen-bond acceptors (Lipinski definition) is 11. The van der Waals surface area contributed by atoms with Gasteiger partial charge in [0.25, 0.3) is 5.69 Å². The van der Waals surface area contributed by atoms with Gasteiger partial charge in [-0.1, -0.05) is 110 Å². The Bertz CT molecular complexity index is 2530. The maximum absolute atomic E-state index is 16.3. The highest BCUT2D eigenvalue weighted by Gasteiger charge is 2.76. The molecule has 3 fully saturated rings. The van der Waals surface area contributed by atoms with Crippen molar-refractivity contribution in [2.45, 2.75) is 68.4 Å². The zero-order valence-electron chi connectivity index (χ0n) is 35.1. The molecule has 328 valence electrons. The third-order valence-electron chi connectivity index (χ3n) is 13.0. The number of aliphatic hydroxyl groups excluding tert-OH is 1. The number of anilines is 1. The molecule has 0 radical (unpaired) electrons. The average molecular weight is 865 g/mol. The van der Waals surface area contributed by atoms with Crippen LogP contribution in [0, 0.1) is 16.0 Å². The molecule has 14 nitrogen and oxygen atoms in total. The molecule has 3 amide bonds. The predicted molar refractivity (Wildman–Crippen MR) is 234 cm³/mol. The summed E-state index contributed by atoms with van der Waals surface area (Å²) in [5, 5.41) is 21.1. The van der Waals surface area contributed by atoms with Crippen molar-refractivity contribution in [2.24, 2.45) is 5.92 Å². The number of carbonyl (C=O) groups is 4. The fourth-order valence-electron chi connectivity index (χ4n) is 10.3. The van der Waals surface area contributed by atoms with Crippen LogP contribution in [-0.4, -0.2) is 76.1 Å². The fourth-order valence-corrected chi connectivity index (χ4v) is 10.3. The van der Waals surface area contributed by atoms with Crippen LogP contribution in [-0.2, 0) is 35.9 Å². The normalized spacial score (nSPS) is 24.3. The molecule has 4 aliphatic heterocycles. The van der Waals surface area contributed by atoms with Crippen molar-refractivity contribution in [3.05, 3.63) is 171 Å². The number of esters is 1. The SMILES string of the molecule is O=C1O[C@@H](c2ccccc2)[C@@H](c2ccccc2)N2[C@@H](c3cccc(OCCO)c3)[C@]3(C(=O)N(C(=O)OCc4ccc([N+](=O)[O-])cc4)c4ccccc43)[C@@H](C(=O)N3CCCCCCC3)[C@H]12. The Kier molecular flexibility index (Phi) is 12.0. The van der Waals surface area contributed by atoms with Crippen molar-refractivity contribution in [1.82, 2.24) is 9.80 Å². The number of aliphatic hydroxyl groups is 1. The number of amides is 3. The minimum absolute atomic E-state index is 0.00708. The van der Waals surface area contributed by atoms with E-state index in [4.69, 9.17) is 14.2 Å². The number of morpholine rings is 1. The first kappa shape index (κ1) is 42.4. The van der Waals surface area contributed by atoms with E-state index in [9.17, 15) is 20.0 Å². The molecule has 64 heavy (non-hydrogen) atoms. The minimum Gasteiger partial charge on any atom is -0.491 e. The number of nitro benzene ring substituents is 1. The molecule has 6 atom stereocenters. The molecule has 0 saturated carbocycles. The monoisotopic (exact) mass is 864 g/mol. The van der Waals surface area contributed by atoms with Gasteiger partial charge in [-0.25, -0.2) is 9.69 Å². The lowest BCUT2D eigenvalue weighted by Crippen LogP contribution is -2.56. The maximum atomic E-state index is 16.3. The summed E-state index contributed by atoms with van der Waals surface area (Å²) in [6, 6.07) is 35.3. The first-order chi connectivity index (χ1) is 31.2. The largest absolute Gasteiger partial charge is 0.491 e. The fraction of sp³-hybridized carbons (Fsp3) is 0.320. The Balaban J connectivity index is 1.28. The van der Waals surface area contributed by atoms with E-state index >= 15 is 14.4 Å². The second-order valence-electron chi connectivity index (χ2n) is 16.6. The van der Waals surface area contributed by atoms with Gasteiger partial charge >= 0.3 is 12.1 Å². The van der Waals surface area contributed by atoms with Gasteiger partial charge in [0.2, 0.25) is 11.8 Å². The molecule has 5 aromatic carbocycles. The zero-order valence-corrected chi connectivity index (χ0v) is 35.1. The summed E-state index contributed by atoms with van der Waals surface area (Å²) in [5.41, 5.74) is 0.990. The Morgan fingerprint density at radius 1 is 0.766 bits per heavy atom. The highest BCUT2D eigenvalue weighted by Crippen LogP contribution is 2.66. The lowest BCUT2D eigenvalue weighted by Gasteiger charge is -2.46. The van der Waals surface area contributed by atoms with Crippen molar-refractivity contribution in [2.75, 3.05) is 31.2 Å². The number of likely N-dealkylation sites (tertiary alicyclic amines) is 1. The number of benzene rings is 5. The highest BCUT2D eigenvalue weighted by atomic mass is 16.6. The topological polar surface area (TPSA) is 169 Å². The Morgan fingerprint density at radius 2 is 1.41 bits per heavy atom. The Hall–Kier alpha value is -6.90. The lowest BCUT2D eigenvalue weighted by molar-refractivity contribution is -0.384. The number of rotatable bonds is 10. The van der Waals surface area contributed by atoms with E-state index in [2.05, 4.69) is 0 Å². The van der Waals surface area contributed by atoms with Gasteiger partial charge in [-0.05, 0) is 71.0 Å². The quantitative estimate of drug-likeness (QED) is 0.0828. The van der Waals surface area contributed by atoms with Crippen molar-refractivity contribution in [1.29, 1.82) is 0 Å². The van der Waals surface area contributed by atoms with Crippen LogP contribution < -0.4 is 9.64 Å². The molecule has 0 bridgehead atoms. The molecule has 5 aromatic rings. The zero-order chi connectivity index (χ0) is 44.4. The van der Waals surface area contributed by atoms with Crippen LogP contribution in [0.1, 0.15) is 78.1 Å². The van der Waals surface area contributed by atoms with Crippen molar-refractivity contribution in [3.8, 4) is 5.75 Å². The van der Waals surface area contributed by atoms with Crippen LogP contribution in [0.4, 0.5) is 16.2 Å². The van der Waals surface area contributed by atoms with Gasteiger partial charge in [-0.3, -0.25) is 29.4 Å². The molecule has 4 aliphatic rings. The predicted octanol–water partition coefficient (Wildman–Crippen LogP) is 7.76. The number of hydrogen-bond donors (Lipinski definition) is 1. The molecular formula is C50H48N4O10. The van der Waals surface area contributed by atoms with Crippen LogP contribution in [0.5, 0.6) is 5.75 Å². The summed E-state index contributed by atoms with van der Waals surface area (Å²) >= 11 is 0. The van der Waals surface area contributed by atoms with Crippen LogP contribution >= 0.6 is 0 Å². The van der Waals surface area contributed by atoms with Gasteiger partial charge in [0.15, 0.2) is 0 Å². The van der Waals surface area contributed by atoms with Gasteiger partial charge in [0.05, 0.1) is 35.2 Å². The van der Waals surface area contributed by atoms with Crippen LogP contribution in [0.2, 0.25) is 0 Å². The summed E-state index contributed by atoms with van der Waals surface area (Å²) in [6.07, 6.45) is 2.47. The summed E-state index contributed by atoms with van der Waals surface area (Å²) in [5.74, 6) is -2.81. The van der Waals surface area contributed by atoms with Gasteiger partial charge in [0.1, 0.15) is 36.5 Å². The number of ether oxygens (including phenoxy) is 3. The molecular weight excluding hydrogens is 817 g/mol. The first-order valence-electron chi connectivity index (χ1n) is 21.8. The van der Waals surface area contributed by atoms with Crippen molar-refractivity contribution in [3.63, 3.8) is 0 Å². The van der Waals surface area contributed by atoms with E-state index in [-0.39, 0.29) is 31.2 Å². The van der Waals surface area contributed by atoms with E-state index in [0.717, 1.165) is 42.6 Å². The smallest absolute Gasteiger partial charge is 0.421 e. The molecule has 1 N–H and O–H groups in total. The minimum atomic E-state index is -1.93. The average Bonchev–Trinajstić information content (AvgIpc) is 3.77. The van der Waals surface area contributed by atoms with Gasteiger partial charge in [-0.2, -0.15) is 0 Å². The molecule has 9 rings (SSSR count). The summed E-state index contributed by atoms with van der Waals surface area (Å²) in [4.78, 5) is 77.7. The standard InChI is InChI=1S/C50H48N4O10/c55-29-30-62-38-20-14-19-36(31-38)45-50(39-21-10-11-22-40(39)52(48(50)58)49(59)63-32-33-23-25-37(26-24-33)54(60)61)41(46(56)51-27-12-2-1-3-13-28-51)43-47(57)64-44(35-17-8-5-9-18-35)42(53(43)45)34-15-6-4-7-16-34/h4-11,14-26,31,41-45,55H,1-3,12-13,27-30,32H2/t41-,42-,43-,44+,45+,50-/m1/s1. The molecule has 0 aromatic heterocycles. The summed E-state index contributed by atoms with van der Waals surface area (Å²) in [6.45, 7) is 0.284. The number of non-ortho nitro benzene ring substituents is 1. The van der Waals surface area contributed by atoms with E-state index in [0.29, 0.717) is 41.1 Å². The maximum Gasteiger partial charge on any atom is 0.421 e. The third-order valence-corrected chi connectivity index (χ3v) is 13.0. The molecule has 3 saturated heterocycles. The molecule has 1 spiro atoms. The highest BCUT2D eigenvalue weighted by molar-refractivity contribution is 6.23. The number of nitro groups is 1. The second kappa shape index (κ2) is 18.1. The Morgan fingerprint density at radius 3 is 2.09 bits per heavy atom.